The third-order valence-corrected chi connectivity index (χ3v) is 2.80. The zero-order valence-corrected chi connectivity index (χ0v) is 8.90. The van der Waals surface area contributed by atoms with Crippen molar-refractivity contribution in [3.8, 4) is 0 Å². The molecule has 1 unspecified atom stereocenters. The minimum atomic E-state index is 0.623. The summed E-state index contributed by atoms with van der Waals surface area (Å²) in [6.07, 6.45) is 5.35. The quantitative estimate of drug-likeness (QED) is 0.759. The fraction of sp³-hybridized carbons (Fsp3) is 0.700. The Morgan fingerprint density at radius 1 is 1.64 bits per heavy atom. The lowest BCUT2D eigenvalue weighted by Crippen LogP contribution is -2.15. The molecule has 4 heteroatoms. The van der Waals surface area contributed by atoms with Crippen LogP contribution in [0, 0.1) is 0 Å². The van der Waals surface area contributed by atoms with E-state index >= 15 is 0 Å². The molecule has 1 atom stereocenters. The fourth-order valence-electron chi connectivity index (χ4n) is 2.01. The molecular formula is C10H18N4. The Morgan fingerprint density at radius 2 is 2.50 bits per heavy atom. The van der Waals surface area contributed by atoms with Crippen LogP contribution in [0.3, 0.4) is 0 Å². The van der Waals surface area contributed by atoms with Gasteiger partial charge < -0.3 is 14.8 Å². The molecule has 1 saturated heterocycles. The summed E-state index contributed by atoms with van der Waals surface area (Å²) < 4.78 is 2.25. The summed E-state index contributed by atoms with van der Waals surface area (Å²) in [6.45, 7) is 3.20. The highest BCUT2D eigenvalue weighted by molar-refractivity contribution is 4.98. The van der Waals surface area contributed by atoms with Crippen LogP contribution >= 0.6 is 0 Å². The average molecular weight is 194 g/mol. The first-order valence-electron chi connectivity index (χ1n) is 5.15. The van der Waals surface area contributed by atoms with Crippen LogP contribution < -0.4 is 5.32 Å². The van der Waals surface area contributed by atoms with Crippen LogP contribution in [0.5, 0.6) is 0 Å². The van der Waals surface area contributed by atoms with E-state index in [1.165, 1.54) is 13.0 Å². The van der Waals surface area contributed by atoms with Crippen molar-refractivity contribution in [2.75, 3.05) is 27.2 Å². The van der Waals surface area contributed by atoms with Gasteiger partial charge in [-0.3, -0.25) is 0 Å². The van der Waals surface area contributed by atoms with Gasteiger partial charge in [0.05, 0.1) is 12.0 Å². The molecule has 0 saturated carbocycles. The molecule has 0 radical (unpaired) electrons. The van der Waals surface area contributed by atoms with Crippen LogP contribution in [0.4, 0.5) is 0 Å². The van der Waals surface area contributed by atoms with Gasteiger partial charge in [-0.05, 0) is 27.1 Å². The normalized spacial score (nSPS) is 23.1. The second-order valence-electron chi connectivity index (χ2n) is 4.05. The molecule has 1 aromatic heterocycles. The van der Waals surface area contributed by atoms with Gasteiger partial charge in [0.1, 0.15) is 0 Å². The summed E-state index contributed by atoms with van der Waals surface area (Å²) in [5, 5.41) is 3.11. The van der Waals surface area contributed by atoms with E-state index in [-0.39, 0.29) is 0 Å². The maximum atomic E-state index is 4.36. The van der Waals surface area contributed by atoms with Gasteiger partial charge in [0, 0.05) is 25.3 Å². The summed E-state index contributed by atoms with van der Waals surface area (Å²) in [5.74, 6) is 0. The Hall–Kier alpha value is -0.870. The fourth-order valence-corrected chi connectivity index (χ4v) is 2.01. The molecule has 78 valence electrons. The van der Waals surface area contributed by atoms with Crippen LogP contribution in [-0.4, -0.2) is 41.6 Å². The molecule has 2 heterocycles. The molecular weight excluding hydrogens is 176 g/mol. The Labute approximate surface area is 84.9 Å². The largest absolute Gasteiger partial charge is 0.333 e. The Bertz CT molecular complexity index is 294. The van der Waals surface area contributed by atoms with Gasteiger partial charge >= 0.3 is 0 Å². The molecule has 1 aliphatic heterocycles. The lowest BCUT2D eigenvalue weighted by Gasteiger charge is -2.11. The van der Waals surface area contributed by atoms with Crippen molar-refractivity contribution in [1.29, 1.82) is 0 Å². The third kappa shape index (κ3) is 1.96. The standard InChI is InChI=1S/C10H18N4/c1-11-5-9-6-14(8-12-9)10-3-4-13(2)7-10/h6,8,10-11H,3-5,7H2,1-2H3. The molecule has 2 rings (SSSR count). The highest BCUT2D eigenvalue weighted by atomic mass is 15.2. The highest BCUT2D eigenvalue weighted by Gasteiger charge is 2.20. The van der Waals surface area contributed by atoms with Crippen LogP contribution in [0.2, 0.25) is 0 Å². The number of hydrogen-bond acceptors (Lipinski definition) is 3. The summed E-state index contributed by atoms with van der Waals surface area (Å²) in [6, 6.07) is 0.623. The zero-order valence-electron chi connectivity index (χ0n) is 8.90. The van der Waals surface area contributed by atoms with Gasteiger partial charge in [0.25, 0.3) is 0 Å². The molecule has 0 amide bonds. The van der Waals surface area contributed by atoms with E-state index in [1.807, 2.05) is 13.4 Å². The molecule has 1 fully saturated rings. The Kier molecular flexibility index (Phi) is 2.84. The first kappa shape index (κ1) is 9.68. The lowest BCUT2D eigenvalue weighted by molar-refractivity contribution is 0.392. The van der Waals surface area contributed by atoms with Gasteiger partial charge in [-0.1, -0.05) is 0 Å². The number of imidazole rings is 1. The van der Waals surface area contributed by atoms with Gasteiger partial charge in [0.2, 0.25) is 0 Å². The van der Waals surface area contributed by atoms with E-state index in [9.17, 15) is 0 Å². The predicted molar refractivity (Wildman–Crippen MR) is 56.1 cm³/mol. The SMILES string of the molecule is CNCc1cn(C2CCN(C)C2)cn1. The number of likely N-dealkylation sites (N-methyl/N-ethyl adjacent to an activating group) is 1. The first-order chi connectivity index (χ1) is 6.79. The Morgan fingerprint density at radius 3 is 3.14 bits per heavy atom. The van der Waals surface area contributed by atoms with E-state index in [1.54, 1.807) is 0 Å². The summed E-state index contributed by atoms with van der Waals surface area (Å²) in [5.41, 5.74) is 1.13. The van der Waals surface area contributed by atoms with Crippen LogP contribution in [-0.2, 0) is 6.54 Å². The average Bonchev–Trinajstić information content (AvgIpc) is 2.74. The molecule has 1 aliphatic rings. The van der Waals surface area contributed by atoms with E-state index in [4.69, 9.17) is 0 Å². The van der Waals surface area contributed by atoms with Crippen LogP contribution in [0.25, 0.3) is 0 Å². The van der Waals surface area contributed by atoms with E-state index < -0.39 is 0 Å². The number of hydrogen-bond donors (Lipinski definition) is 1. The first-order valence-corrected chi connectivity index (χ1v) is 5.15. The number of nitrogens with one attached hydrogen (secondary N) is 1. The lowest BCUT2D eigenvalue weighted by atomic mass is 10.2. The number of nitrogens with zero attached hydrogens (tertiary/aromatic N) is 3. The summed E-state index contributed by atoms with van der Waals surface area (Å²) in [7, 11) is 4.12. The zero-order chi connectivity index (χ0) is 9.97. The van der Waals surface area contributed by atoms with E-state index in [0.29, 0.717) is 6.04 Å². The predicted octanol–water partition coefficient (Wildman–Crippen LogP) is 0.479. The number of aromatic nitrogens is 2. The minimum absolute atomic E-state index is 0.623. The van der Waals surface area contributed by atoms with Crippen molar-refractivity contribution in [3.05, 3.63) is 18.2 Å². The van der Waals surface area contributed by atoms with Gasteiger partial charge in [-0.2, -0.15) is 0 Å². The molecule has 14 heavy (non-hydrogen) atoms. The maximum Gasteiger partial charge on any atom is 0.0953 e. The van der Waals surface area contributed by atoms with Crippen molar-refractivity contribution < 1.29 is 0 Å². The number of rotatable bonds is 3. The van der Waals surface area contributed by atoms with Crippen molar-refractivity contribution in [1.82, 2.24) is 19.8 Å². The molecule has 0 aromatic carbocycles. The third-order valence-electron chi connectivity index (χ3n) is 2.80. The second kappa shape index (κ2) is 4.11. The monoisotopic (exact) mass is 194 g/mol. The van der Waals surface area contributed by atoms with Crippen LogP contribution in [0.1, 0.15) is 18.2 Å². The van der Waals surface area contributed by atoms with Crippen molar-refractivity contribution >= 4 is 0 Å². The number of likely N-dealkylation sites (tertiary alicyclic amines) is 1. The van der Waals surface area contributed by atoms with Gasteiger partial charge in [0.15, 0.2) is 0 Å². The van der Waals surface area contributed by atoms with Gasteiger partial charge in [-0.25, -0.2) is 4.98 Å². The van der Waals surface area contributed by atoms with Crippen molar-refractivity contribution in [2.45, 2.75) is 19.0 Å². The summed E-state index contributed by atoms with van der Waals surface area (Å²) >= 11 is 0. The Balaban J connectivity index is 2.02. The molecule has 0 bridgehead atoms. The molecule has 1 N–H and O–H groups in total. The minimum Gasteiger partial charge on any atom is -0.333 e. The van der Waals surface area contributed by atoms with Crippen molar-refractivity contribution in [2.24, 2.45) is 0 Å². The van der Waals surface area contributed by atoms with Crippen molar-refractivity contribution in [3.63, 3.8) is 0 Å². The van der Waals surface area contributed by atoms with Gasteiger partial charge in [-0.15, -0.1) is 0 Å². The van der Waals surface area contributed by atoms with Crippen LogP contribution in [0.15, 0.2) is 12.5 Å². The maximum absolute atomic E-state index is 4.36. The topological polar surface area (TPSA) is 33.1 Å². The molecule has 0 spiro atoms. The summed E-state index contributed by atoms with van der Waals surface area (Å²) in [4.78, 5) is 6.72. The van der Waals surface area contributed by atoms with E-state index in [2.05, 4.69) is 33.0 Å². The smallest absolute Gasteiger partial charge is 0.0953 e. The molecule has 0 aliphatic carbocycles. The molecule has 1 aromatic rings. The second-order valence-corrected chi connectivity index (χ2v) is 4.05. The highest BCUT2D eigenvalue weighted by Crippen LogP contribution is 2.19. The van der Waals surface area contributed by atoms with E-state index in [0.717, 1.165) is 18.8 Å². The molecule has 4 nitrogen and oxygen atoms in total.